The molecule has 0 aliphatic rings. The Morgan fingerprint density at radius 1 is 1.24 bits per heavy atom. The molecule has 1 aromatic carbocycles. The Kier molecular flexibility index (Phi) is 5.17. The average molecular weight is 304 g/mol. The van der Waals surface area contributed by atoms with Crippen LogP contribution in [-0.2, 0) is 6.42 Å². The largest absolute Gasteiger partial charge is 0.373 e. The van der Waals surface area contributed by atoms with Crippen LogP contribution >= 0.6 is 11.6 Å². The molecule has 21 heavy (non-hydrogen) atoms. The summed E-state index contributed by atoms with van der Waals surface area (Å²) in [7, 11) is 1.75. The molecule has 5 heteroatoms. The van der Waals surface area contributed by atoms with Crippen molar-refractivity contribution in [1.29, 1.82) is 0 Å². The fourth-order valence-corrected chi connectivity index (χ4v) is 2.24. The SMILES string of the molecule is CNc1ccc(Cl)c(C(=O)NC(C)Cc2ccccc2)n1. The molecule has 0 bridgehead atoms. The second-order valence-electron chi connectivity index (χ2n) is 4.84. The summed E-state index contributed by atoms with van der Waals surface area (Å²) < 4.78 is 0. The molecule has 1 heterocycles. The number of rotatable bonds is 5. The van der Waals surface area contributed by atoms with Crippen LogP contribution in [0.5, 0.6) is 0 Å². The molecule has 0 spiro atoms. The zero-order chi connectivity index (χ0) is 15.2. The summed E-state index contributed by atoms with van der Waals surface area (Å²) in [6, 6.07) is 13.4. The van der Waals surface area contributed by atoms with Crippen LogP contribution in [0.2, 0.25) is 5.02 Å². The standard InChI is InChI=1S/C16H18ClN3O/c1-11(10-12-6-4-3-5-7-12)19-16(21)15-13(17)8-9-14(18-2)20-15/h3-9,11H,10H2,1-2H3,(H,18,20)(H,19,21). The van der Waals surface area contributed by atoms with Crippen molar-refractivity contribution in [2.24, 2.45) is 0 Å². The maximum absolute atomic E-state index is 12.2. The molecule has 0 saturated heterocycles. The molecule has 1 atom stereocenters. The number of nitrogens with one attached hydrogen (secondary N) is 2. The van der Waals surface area contributed by atoms with E-state index in [1.165, 1.54) is 5.56 Å². The highest BCUT2D eigenvalue weighted by atomic mass is 35.5. The smallest absolute Gasteiger partial charge is 0.271 e. The number of aromatic nitrogens is 1. The van der Waals surface area contributed by atoms with Gasteiger partial charge in [-0.2, -0.15) is 0 Å². The first-order chi connectivity index (χ1) is 10.1. The van der Waals surface area contributed by atoms with Crippen molar-refractivity contribution in [3.63, 3.8) is 0 Å². The van der Waals surface area contributed by atoms with Gasteiger partial charge in [0, 0.05) is 13.1 Å². The quantitative estimate of drug-likeness (QED) is 0.892. The predicted octanol–water partition coefficient (Wildman–Crippen LogP) is 3.14. The second kappa shape index (κ2) is 7.09. The van der Waals surface area contributed by atoms with E-state index < -0.39 is 0 Å². The van der Waals surface area contributed by atoms with E-state index in [2.05, 4.69) is 15.6 Å². The minimum Gasteiger partial charge on any atom is -0.373 e. The Morgan fingerprint density at radius 3 is 2.62 bits per heavy atom. The number of benzene rings is 1. The van der Waals surface area contributed by atoms with E-state index in [1.54, 1.807) is 19.2 Å². The van der Waals surface area contributed by atoms with Gasteiger partial charge in [0.2, 0.25) is 0 Å². The number of amides is 1. The van der Waals surface area contributed by atoms with Crippen LogP contribution in [0.3, 0.4) is 0 Å². The first kappa shape index (κ1) is 15.3. The molecule has 2 aromatic rings. The third-order valence-electron chi connectivity index (χ3n) is 3.08. The van der Waals surface area contributed by atoms with Gasteiger partial charge in [0.25, 0.3) is 5.91 Å². The van der Waals surface area contributed by atoms with E-state index in [9.17, 15) is 4.79 Å². The summed E-state index contributed by atoms with van der Waals surface area (Å²) in [5.41, 5.74) is 1.41. The van der Waals surface area contributed by atoms with E-state index >= 15 is 0 Å². The van der Waals surface area contributed by atoms with Gasteiger partial charge in [-0.05, 0) is 31.0 Å². The highest BCUT2D eigenvalue weighted by molar-refractivity contribution is 6.33. The van der Waals surface area contributed by atoms with Gasteiger partial charge in [0.15, 0.2) is 0 Å². The minimum absolute atomic E-state index is 0.00370. The lowest BCUT2D eigenvalue weighted by atomic mass is 10.1. The molecule has 0 fully saturated rings. The molecular weight excluding hydrogens is 286 g/mol. The van der Waals surface area contributed by atoms with E-state index in [0.29, 0.717) is 10.8 Å². The van der Waals surface area contributed by atoms with Crippen LogP contribution in [-0.4, -0.2) is 24.0 Å². The van der Waals surface area contributed by atoms with Crippen LogP contribution in [0, 0.1) is 0 Å². The van der Waals surface area contributed by atoms with Crippen molar-refractivity contribution in [2.75, 3.05) is 12.4 Å². The molecule has 1 aromatic heterocycles. The van der Waals surface area contributed by atoms with Crippen LogP contribution < -0.4 is 10.6 Å². The summed E-state index contributed by atoms with van der Waals surface area (Å²) in [6.45, 7) is 1.96. The van der Waals surface area contributed by atoms with Crippen LogP contribution in [0.25, 0.3) is 0 Å². The summed E-state index contributed by atoms with van der Waals surface area (Å²) in [5.74, 6) is 0.348. The minimum atomic E-state index is -0.263. The number of halogens is 1. The van der Waals surface area contributed by atoms with Gasteiger partial charge in [-0.15, -0.1) is 0 Å². The van der Waals surface area contributed by atoms with Gasteiger partial charge in [-0.3, -0.25) is 4.79 Å². The number of carbonyl (C=O) groups is 1. The Morgan fingerprint density at radius 2 is 1.95 bits per heavy atom. The lowest BCUT2D eigenvalue weighted by Crippen LogP contribution is -2.34. The highest BCUT2D eigenvalue weighted by Crippen LogP contribution is 2.16. The van der Waals surface area contributed by atoms with Crippen LogP contribution in [0.1, 0.15) is 23.0 Å². The zero-order valence-electron chi connectivity index (χ0n) is 12.1. The van der Waals surface area contributed by atoms with Crippen LogP contribution in [0.4, 0.5) is 5.82 Å². The lowest BCUT2D eigenvalue weighted by molar-refractivity contribution is 0.0935. The van der Waals surface area contributed by atoms with Gasteiger partial charge in [0.1, 0.15) is 11.5 Å². The van der Waals surface area contributed by atoms with Crippen molar-refractivity contribution in [1.82, 2.24) is 10.3 Å². The Balaban J connectivity index is 2.04. The predicted molar refractivity (Wildman–Crippen MR) is 85.9 cm³/mol. The van der Waals surface area contributed by atoms with Gasteiger partial charge in [-0.25, -0.2) is 4.98 Å². The third kappa shape index (κ3) is 4.20. The Hall–Kier alpha value is -2.07. The van der Waals surface area contributed by atoms with Crippen molar-refractivity contribution in [3.8, 4) is 0 Å². The van der Waals surface area contributed by atoms with Crippen molar-refractivity contribution < 1.29 is 4.79 Å². The molecule has 4 nitrogen and oxygen atoms in total. The maximum Gasteiger partial charge on any atom is 0.271 e. The molecule has 0 aliphatic heterocycles. The van der Waals surface area contributed by atoms with Crippen molar-refractivity contribution in [3.05, 3.63) is 58.7 Å². The zero-order valence-corrected chi connectivity index (χ0v) is 12.8. The van der Waals surface area contributed by atoms with Crippen molar-refractivity contribution in [2.45, 2.75) is 19.4 Å². The van der Waals surface area contributed by atoms with Gasteiger partial charge < -0.3 is 10.6 Å². The molecule has 0 aliphatic carbocycles. The highest BCUT2D eigenvalue weighted by Gasteiger charge is 2.15. The second-order valence-corrected chi connectivity index (χ2v) is 5.25. The summed E-state index contributed by atoms with van der Waals surface area (Å²) in [6.07, 6.45) is 0.760. The Labute approximate surface area is 129 Å². The Bertz CT molecular complexity index is 616. The normalized spacial score (nSPS) is 11.8. The van der Waals surface area contributed by atoms with Gasteiger partial charge in [0.05, 0.1) is 5.02 Å². The summed E-state index contributed by atoms with van der Waals surface area (Å²) in [4.78, 5) is 16.4. The summed E-state index contributed by atoms with van der Waals surface area (Å²) >= 11 is 6.04. The molecule has 1 amide bonds. The molecule has 2 rings (SSSR count). The molecule has 2 N–H and O–H groups in total. The first-order valence-electron chi connectivity index (χ1n) is 6.79. The molecule has 110 valence electrons. The monoisotopic (exact) mass is 303 g/mol. The number of hydrogen-bond donors (Lipinski definition) is 2. The third-order valence-corrected chi connectivity index (χ3v) is 3.38. The van der Waals surface area contributed by atoms with Crippen LogP contribution in [0.15, 0.2) is 42.5 Å². The number of pyridine rings is 1. The fraction of sp³-hybridized carbons (Fsp3) is 0.250. The lowest BCUT2D eigenvalue weighted by Gasteiger charge is -2.14. The van der Waals surface area contributed by atoms with E-state index in [0.717, 1.165) is 6.42 Å². The molecule has 0 saturated carbocycles. The summed E-state index contributed by atoms with van der Waals surface area (Å²) in [5, 5.41) is 6.16. The fourth-order valence-electron chi connectivity index (χ4n) is 2.05. The first-order valence-corrected chi connectivity index (χ1v) is 7.17. The van der Waals surface area contributed by atoms with Gasteiger partial charge >= 0.3 is 0 Å². The number of nitrogens with zero attached hydrogens (tertiary/aromatic N) is 1. The molecule has 0 radical (unpaired) electrons. The van der Waals surface area contributed by atoms with E-state index in [1.807, 2.05) is 37.3 Å². The van der Waals surface area contributed by atoms with Gasteiger partial charge in [-0.1, -0.05) is 41.9 Å². The number of carbonyl (C=O) groups excluding carboxylic acids is 1. The molecule has 1 unspecified atom stereocenters. The van der Waals surface area contributed by atoms with E-state index in [-0.39, 0.29) is 17.6 Å². The van der Waals surface area contributed by atoms with Crippen molar-refractivity contribution >= 4 is 23.3 Å². The molecular formula is C16H18ClN3O. The number of anilines is 1. The average Bonchev–Trinajstić information content (AvgIpc) is 2.48. The number of hydrogen-bond acceptors (Lipinski definition) is 3. The van der Waals surface area contributed by atoms with E-state index in [4.69, 9.17) is 11.6 Å². The topological polar surface area (TPSA) is 54.0 Å². The maximum atomic E-state index is 12.2.